The van der Waals surface area contributed by atoms with E-state index >= 15 is 0 Å². The fourth-order valence-electron chi connectivity index (χ4n) is 2.60. The second kappa shape index (κ2) is 6.72. The topological polar surface area (TPSA) is 75.4 Å². The van der Waals surface area contributed by atoms with Crippen molar-refractivity contribution in [3.8, 4) is 0 Å². The van der Waals surface area contributed by atoms with E-state index in [4.69, 9.17) is 17.3 Å². The van der Waals surface area contributed by atoms with E-state index in [1.807, 2.05) is 24.3 Å². The average molecular weight is 296 g/mol. The van der Waals surface area contributed by atoms with E-state index in [2.05, 4.69) is 10.2 Å². The Hall–Kier alpha value is -1.59. The van der Waals surface area contributed by atoms with E-state index < -0.39 is 6.03 Å². The van der Waals surface area contributed by atoms with Gasteiger partial charge in [-0.25, -0.2) is 4.79 Å². The van der Waals surface area contributed by atoms with Crippen molar-refractivity contribution in [3.05, 3.63) is 34.9 Å². The average Bonchev–Trinajstić information content (AvgIpc) is 2.85. The predicted octanol–water partition coefficient (Wildman–Crippen LogP) is 2.06. The van der Waals surface area contributed by atoms with Crippen LogP contribution in [-0.4, -0.2) is 29.9 Å². The number of benzene rings is 1. The molecule has 5 nitrogen and oxygen atoms in total. The van der Waals surface area contributed by atoms with Gasteiger partial charge in [0, 0.05) is 24.0 Å². The van der Waals surface area contributed by atoms with Crippen LogP contribution in [0.4, 0.5) is 4.79 Å². The maximum atomic E-state index is 11.4. The monoisotopic (exact) mass is 295 g/mol. The third-order valence-corrected chi connectivity index (χ3v) is 3.76. The van der Waals surface area contributed by atoms with Crippen LogP contribution in [0.25, 0.3) is 0 Å². The number of imide groups is 1. The molecule has 3 N–H and O–H groups in total. The Morgan fingerprint density at radius 2 is 2.05 bits per heavy atom. The summed E-state index contributed by atoms with van der Waals surface area (Å²) in [5.74, 6) is -0.334. The third-order valence-electron chi connectivity index (χ3n) is 3.51. The van der Waals surface area contributed by atoms with E-state index in [9.17, 15) is 9.59 Å². The van der Waals surface area contributed by atoms with Crippen LogP contribution < -0.4 is 11.1 Å². The van der Waals surface area contributed by atoms with Crippen molar-refractivity contribution >= 4 is 23.5 Å². The summed E-state index contributed by atoms with van der Waals surface area (Å²) >= 11 is 5.90. The molecule has 2 rings (SSSR count). The number of hydrogen-bond acceptors (Lipinski definition) is 3. The molecule has 3 amide bonds. The molecule has 1 fully saturated rings. The van der Waals surface area contributed by atoms with Crippen LogP contribution in [0.2, 0.25) is 5.02 Å². The molecule has 0 aromatic heterocycles. The van der Waals surface area contributed by atoms with Crippen molar-refractivity contribution < 1.29 is 9.59 Å². The summed E-state index contributed by atoms with van der Waals surface area (Å²) < 4.78 is 0. The number of likely N-dealkylation sites (tertiary alicyclic amines) is 1. The Kier molecular flexibility index (Phi) is 4.98. The van der Waals surface area contributed by atoms with Crippen LogP contribution in [0.5, 0.6) is 0 Å². The molecule has 20 heavy (non-hydrogen) atoms. The minimum atomic E-state index is -0.800. The number of halogens is 1. The predicted molar refractivity (Wildman–Crippen MR) is 77.3 cm³/mol. The van der Waals surface area contributed by atoms with Gasteiger partial charge in [0.15, 0.2) is 0 Å². The number of nitrogens with zero attached hydrogens (tertiary/aromatic N) is 1. The highest BCUT2D eigenvalue weighted by Gasteiger charge is 2.26. The molecular formula is C14H18ClN3O2. The lowest BCUT2D eigenvalue weighted by Gasteiger charge is -2.24. The Balaban J connectivity index is 1.92. The number of primary amides is 1. The third kappa shape index (κ3) is 3.95. The first kappa shape index (κ1) is 14.8. The van der Waals surface area contributed by atoms with E-state index in [0.29, 0.717) is 12.6 Å². The molecule has 0 radical (unpaired) electrons. The summed E-state index contributed by atoms with van der Waals surface area (Å²) in [6.07, 6.45) is 2.44. The number of nitrogens with one attached hydrogen (secondary N) is 1. The molecule has 1 heterocycles. The summed E-state index contributed by atoms with van der Waals surface area (Å²) in [4.78, 5) is 24.3. The summed E-state index contributed by atoms with van der Waals surface area (Å²) in [5.41, 5.74) is 6.12. The molecule has 1 saturated heterocycles. The lowest BCUT2D eigenvalue weighted by molar-refractivity contribution is -0.120. The van der Waals surface area contributed by atoms with Gasteiger partial charge in [-0.2, -0.15) is 0 Å². The molecule has 0 saturated carbocycles. The van der Waals surface area contributed by atoms with Gasteiger partial charge in [-0.15, -0.1) is 0 Å². The standard InChI is InChI=1S/C14H18ClN3O2/c15-11-5-3-10(4-6-11)12-2-1-8-18(12)9-7-13(19)17-14(16)20/h3-6,12H,1-2,7-9H2,(H3,16,17,19,20)/t12-/m1/s1. The van der Waals surface area contributed by atoms with E-state index in [1.165, 1.54) is 5.56 Å². The van der Waals surface area contributed by atoms with Gasteiger partial charge in [-0.05, 0) is 37.1 Å². The SMILES string of the molecule is NC(=O)NC(=O)CCN1CCC[C@@H]1c1ccc(Cl)cc1. The van der Waals surface area contributed by atoms with Crippen LogP contribution >= 0.6 is 11.6 Å². The van der Waals surface area contributed by atoms with Gasteiger partial charge in [0.25, 0.3) is 0 Å². The van der Waals surface area contributed by atoms with Crippen LogP contribution in [0, 0.1) is 0 Å². The first-order chi connectivity index (χ1) is 9.56. The van der Waals surface area contributed by atoms with Gasteiger partial charge in [0.2, 0.25) is 5.91 Å². The number of amides is 3. The zero-order valence-electron chi connectivity index (χ0n) is 11.1. The fourth-order valence-corrected chi connectivity index (χ4v) is 2.73. The van der Waals surface area contributed by atoms with Gasteiger partial charge in [-0.3, -0.25) is 15.0 Å². The van der Waals surface area contributed by atoms with E-state index in [1.54, 1.807) is 0 Å². The summed E-state index contributed by atoms with van der Waals surface area (Å²) in [6.45, 7) is 1.57. The molecule has 108 valence electrons. The minimum Gasteiger partial charge on any atom is -0.351 e. The lowest BCUT2D eigenvalue weighted by atomic mass is 10.0. The molecular weight excluding hydrogens is 278 g/mol. The van der Waals surface area contributed by atoms with Gasteiger partial charge in [0.05, 0.1) is 0 Å². The molecule has 1 aliphatic rings. The number of nitrogens with two attached hydrogens (primary N) is 1. The Morgan fingerprint density at radius 3 is 2.70 bits per heavy atom. The van der Waals surface area contributed by atoms with Gasteiger partial charge in [-0.1, -0.05) is 23.7 Å². The fraction of sp³-hybridized carbons (Fsp3) is 0.429. The maximum absolute atomic E-state index is 11.4. The largest absolute Gasteiger partial charge is 0.351 e. The number of carbonyl (C=O) groups excluding carboxylic acids is 2. The molecule has 0 bridgehead atoms. The summed E-state index contributed by atoms with van der Waals surface area (Å²) in [5, 5.41) is 2.81. The first-order valence-corrected chi connectivity index (χ1v) is 7.03. The smallest absolute Gasteiger partial charge is 0.318 e. The maximum Gasteiger partial charge on any atom is 0.318 e. The van der Waals surface area contributed by atoms with E-state index in [-0.39, 0.29) is 12.3 Å². The number of urea groups is 1. The Bertz CT molecular complexity index is 490. The summed E-state index contributed by atoms with van der Waals surface area (Å²) in [7, 11) is 0. The van der Waals surface area contributed by atoms with Gasteiger partial charge in [0.1, 0.15) is 0 Å². The van der Waals surface area contributed by atoms with Crippen molar-refractivity contribution in [2.45, 2.75) is 25.3 Å². The number of rotatable bonds is 4. The molecule has 0 aliphatic carbocycles. The van der Waals surface area contributed by atoms with Crippen LogP contribution in [0.1, 0.15) is 30.9 Å². The van der Waals surface area contributed by atoms with Crippen LogP contribution in [-0.2, 0) is 4.79 Å². The van der Waals surface area contributed by atoms with Crippen LogP contribution in [0.15, 0.2) is 24.3 Å². The first-order valence-electron chi connectivity index (χ1n) is 6.65. The van der Waals surface area contributed by atoms with Crippen molar-refractivity contribution in [1.29, 1.82) is 0 Å². The highest BCUT2D eigenvalue weighted by molar-refractivity contribution is 6.30. The zero-order chi connectivity index (χ0) is 14.5. The van der Waals surface area contributed by atoms with E-state index in [0.717, 1.165) is 24.4 Å². The Morgan fingerprint density at radius 1 is 1.35 bits per heavy atom. The van der Waals surface area contributed by atoms with Crippen molar-refractivity contribution in [2.24, 2.45) is 5.73 Å². The minimum absolute atomic E-state index is 0.271. The van der Waals surface area contributed by atoms with Crippen molar-refractivity contribution in [2.75, 3.05) is 13.1 Å². The molecule has 1 aromatic rings. The quantitative estimate of drug-likeness (QED) is 0.893. The molecule has 1 aliphatic heterocycles. The van der Waals surface area contributed by atoms with Crippen molar-refractivity contribution in [1.82, 2.24) is 10.2 Å². The lowest BCUT2D eigenvalue weighted by Crippen LogP contribution is -2.37. The number of carbonyl (C=O) groups is 2. The number of hydrogen-bond donors (Lipinski definition) is 2. The molecule has 1 aromatic carbocycles. The highest BCUT2D eigenvalue weighted by Crippen LogP contribution is 2.32. The highest BCUT2D eigenvalue weighted by atomic mass is 35.5. The second-order valence-electron chi connectivity index (χ2n) is 4.91. The molecule has 0 spiro atoms. The van der Waals surface area contributed by atoms with Crippen LogP contribution in [0.3, 0.4) is 0 Å². The normalized spacial score (nSPS) is 18.9. The zero-order valence-corrected chi connectivity index (χ0v) is 11.9. The second-order valence-corrected chi connectivity index (χ2v) is 5.34. The van der Waals surface area contributed by atoms with Gasteiger partial charge < -0.3 is 5.73 Å². The van der Waals surface area contributed by atoms with Gasteiger partial charge >= 0.3 is 6.03 Å². The summed E-state index contributed by atoms with van der Waals surface area (Å²) in [6, 6.07) is 7.32. The Labute approximate surface area is 123 Å². The molecule has 6 heteroatoms. The molecule has 0 unspecified atom stereocenters. The van der Waals surface area contributed by atoms with Crippen molar-refractivity contribution in [3.63, 3.8) is 0 Å². The molecule has 1 atom stereocenters.